The number of fused-ring (bicyclic) bond motifs is 1. The maximum absolute atomic E-state index is 11.4. The summed E-state index contributed by atoms with van der Waals surface area (Å²) in [6.07, 6.45) is 0.158. The highest BCUT2D eigenvalue weighted by Crippen LogP contribution is 2.18. The van der Waals surface area contributed by atoms with E-state index in [-0.39, 0.29) is 12.4 Å². The van der Waals surface area contributed by atoms with Crippen LogP contribution in [0.3, 0.4) is 0 Å². The molecular formula is C12H13NO3. The Hall–Kier alpha value is -1.84. The predicted molar refractivity (Wildman–Crippen MR) is 59.0 cm³/mol. The van der Waals surface area contributed by atoms with E-state index in [0.29, 0.717) is 18.9 Å². The minimum atomic E-state index is -0.276. The Labute approximate surface area is 93.9 Å². The smallest absolute Gasteiger partial charge is 0.312 e. The lowest BCUT2D eigenvalue weighted by Crippen LogP contribution is -2.17. The Morgan fingerprint density at radius 1 is 1.50 bits per heavy atom. The zero-order chi connectivity index (χ0) is 11.4. The lowest BCUT2D eigenvalue weighted by atomic mass is 10.0. The second-order valence-electron chi connectivity index (χ2n) is 3.45. The van der Waals surface area contributed by atoms with Gasteiger partial charge in [0.15, 0.2) is 0 Å². The Bertz CT molecular complexity index is 426. The Morgan fingerprint density at radius 3 is 3.12 bits per heavy atom. The van der Waals surface area contributed by atoms with Gasteiger partial charge in [0.1, 0.15) is 6.61 Å². The molecule has 0 aromatic heterocycles. The summed E-state index contributed by atoms with van der Waals surface area (Å²) in [4.78, 5) is 16.4. The van der Waals surface area contributed by atoms with Gasteiger partial charge in [0, 0.05) is 11.1 Å². The standard InChI is InChI=1S/C12H13NO3/c1-2-15-12(14)7-11-10-6-4-3-5-9(10)8-16-13-11/h3-6H,2,7-8H2,1H3. The molecule has 0 atom stereocenters. The summed E-state index contributed by atoms with van der Waals surface area (Å²) in [7, 11) is 0. The summed E-state index contributed by atoms with van der Waals surface area (Å²) in [6, 6.07) is 7.77. The molecule has 0 spiro atoms. The topological polar surface area (TPSA) is 47.9 Å². The monoisotopic (exact) mass is 219 g/mol. The minimum Gasteiger partial charge on any atom is -0.466 e. The normalized spacial score (nSPS) is 13.4. The zero-order valence-electron chi connectivity index (χ0n) is 9.10. The summed E-state index contributed by atoms with van der Waals surface area (Å²) in [5.74, 6) is -0.276. The van der Waals surface area contributed by atoms with Gasteiger partial charge in [0.25, 0.3) is 0 Å². The van der Waals surface area contributed by atoms with E-state index in [0.717, 1.165) is 11.1 Å². The second kappa shape index (κ2) is 4.79. The summed E-state index contributed by atoms with van der Waals surface area (Å²) in [6.45, 7) is 2.63. The second-order valence-corrected chi connectivity index (χ2v) is 3.45. The lowest BCUT2D eigenvalue weighted by Gasteiger charge is -2.15. The molecule has 0 aliphatic carbocycles. The molecule has 0 fully saturated rings. The van der Waals surface area contributed by atoms with Crippen molar-refractivity contribution in [2.24, 2.45) is 5.16 Å². The van der Waals surface area contributed by atoms with Crippen molar-refractivity contribution in [1.29, 1.82) is 0 Å². The summed E-state index contributed by atoms with van der Waals surface area (Å²) in [5.41, 5.74) is 2.67. The molecule has 0 amide bonds. The quantitative estimate of drug-likeness (QED) is 0.729. The van der Waals surface area contributed by atoms with Crippen LogP contribution in [0.25, 0.3) is 0 Å². The minimum absolute atomic E-state index is 0.158. The van der Waals surface area contributed by atoms with Gasteiger partial charge in [-0.2, -0.15) is 0 Å². The summed E-state index contributed by atoms with van der Waals surface area (Å²) < 4.78 is 4.88. The van der Waals surface area contributed by atoms with Gasteiger partial charge in [-0.3, -0.25) is 4.79 Å². The summed E-state index contributed by atoms with van der Waals surface area (Å²) in [5, 5.41) is 3.91. The van der Waals surface area contributed by atoms with Crippen molar-refractivity contribution in [2.75, 3.05) is 6.61 Å². The molecule has 1 aliphatic heterocycles. The number of hydrogen-bond acceptors (Lipinski definition) is 4. The highest BCUT2D eigenvalue weighted by molar-refractivity contribution is 6.10. The molecule has 1 aromatic rings. The van der Waals surface area contributed by atoms with Crippen molar-refractivity contribution in [3.05, 3.63) is 35.4 Å². The molecule has 0 unspecified atom stereocenters. The first-order valence-corrected chi connectivity index (χ1v) is 5.24. The van der Waals surface area contributed by atoms with Gasteiger partial charge in [0.05, 0.1) is 18.7 Å². The van der Waals surface area contributed by atoms with Crippen molar-refractivity contribution < 1.29 is 14.4 Å². The molecule has 0 N–H and O–H groups in total. The van der Waals surface area contributed by atoms with E-state index in [1.807, 2.05) is 24.3 Å². The van der Waals surface area contributed by atoms with Crippen molar-refractivity contribution >= 4 is 11.7 Å². The van der Waals surface area contributed by atoms with Crippen LogP contribution in [0.2, 0.25) is 0 Å². The molecule has 0 saturated carbocycles. The van der Waals surface area contributed by atoms with E-state index in [1.54, 1.807) is 6.92 Å². The van der Waals surface area contributed by atoms with E-state index >= 15 is 0 Å². The van der Waals surface area contributed by atoms with Crippen LogP contribution in [0.5, 0.6) is 0 Å². The van der Waals surface area contributed by atoms with Crippen LogP contribution in [-0.4, -0.2) is 18.3 Å². The predicted octanol–water partition coefficient (Wildman–Crippen LogP) is 1.87. The third-order valence-electron chi connectivity index (χ3n) is 2.34. The van der Waals surface area contributed by atoms with Crippen LogP contribution >= 0.6 is 0 Å². The van der Waals surface area contributed by atoms with Gasteiger partial charge in [-0.1, -0.05) is 29.4 Å². The maximum atomic E-state index is 11.4. The third-order valence-corrected chi connectivity index (χ3v) is 2.34. The average molecular weight is 219 g/mol. The summed E-state index contributed by atoms with van der Waals surface area (Å²) >= 11 is 0. The Kier molecular flexibility index (Phi) is 3.19. The van der Waals surface area contributed by atoms with Gasteiger partial charge < -0.3 is 9.57 Å². The third kappa shape index (κ3) is 2.21. The number of hydrogen-bond donors (Lipinski definition) is 0. The highest BCUT2D eigenvalue weighted by atomic mass is 16.6. The van der Waals surface area contributed by atoms with E-state index in [4.69, 9.17) is 9.57 Å². The zero-order valence-corrected chi connectivity index (χ0v) is 9.10. The van der Waals surface area contributed by atoms with Gasteiger partial charge in [-0.15, -0.1) is 0 Å². The Morgan fingerprint density at radius 2 is 2.31 bits per heavy atom. The molecule has 16 heavy (non-hydrogen) atoms. The van der Waals surface area contributed by atoms with Crippen LogP contribution < -0.4 is 0 Å². The van der Waals surface area contributed by atoms with Crippen molar-refractivity contribution in [3.63, 3.8) is 0 Å². The molecule has 0 bridgehead atoms. The van der Waals surface area contributed by atoms with E-state index < -0.39 is 0 Å². The molecule has 0 radical (unpaired) electrons. The average Bonchev–Trinajstić information content (AvgIpc) is 2.30. The van der Waals surface area contributed by atoms with E-state index in [2.05, 4.69) is 5.16 Å². The number of rotatable bonds is 3. The fraction of sp³-hybridized carbons (Fsp3) is 0.333. The number of oxime groups is 1. The number of ether oxygens (including phenoxy) is 1. The first-order chi connectivity index (χ1) is 7.81. The lowest BCUT2D eigenvalue weighted by molar-refractivity contribution is -0.141. The van der Waals surface area contributed by atoms with Gasteiger partial charge in [-0.05, 0) is 6.92 Å². The Balaban J connectivity index is 2.16. The maximum Gasteiger partial charge on any atom is 0.312 e. The SMILES string of the molecule is CCOC(=O)CC1=NOCc2ccccc21. The van der Waals surface area contributed by atoms with Crippen LogP contribution in [-0.2, 0) is 21.0 Å². The van der Waals surface area contributed by atoms with Gasteiger partial charge in [0.2, 0.25) is 0 Å². The molecule has 1 aromatic carbocycles. The number of esters is 1. The van der Waals surface area contributed by atoms with Gasteiger partial charge in [-0.25, -0.2) is 0 Å². The molecule has 84 valence electrons. The van der Waals surface area contributed by atoms with Crippen LogP contribution in [0.15, 0.2) is 29.4 Å². The molecule has 1 aliphatic rings. The van der Waals surface area contributed by atoms with Crippen molar-refractivity contribution in [2.45, 2.75) is 20.0 Å². The first-order valence-electron chi connectivity index (χ1n) is 5.24. The van der Waals surface area contributed by atoms with Gasteiger partial charge >= 0.3 is 5.97 Å². The fourth-order valence-electron chi connectivity index (χ4n) is 1.63. The number of nitrogens with zero attached hydrogens (tertiary/aromatic N) is 1. The van der Waals surface area contributed by atoms with E-state index in [9.17, 15) is 4.79 Å². The highest BCUT2D eigenvalue weighted by Gasteiger charge is 2.18. The molecule has 1 heterocycles. The number of carbonyl (C=O) groups is 1. The van der Waals surface area contributed by atoms with E-state index in [1.165, 1.54) is 0 Å². The molecule has 4 nitrogen and oxygen atoms in total. The molecular weight excluding hydrogens is 206 g/mol. The van der Waals surface area contributed by atoms with Crippen molar-refractivity contribution in [3.8, 4) is 0 Å². The number of carbonyl (C=O) groups excluding carboxylic acids is 1. The largest absolute Gasteiger partial charge is 0.466 e. The molecule has 0 saturated heterocycles. The van der Waals surface area contributed by atoms with Crippen LogP contribution in [0.1, 0.15) is 24.5 Å². The van der Waals surface area contributed by atoms with Crippen LogP contribution in [0.4, 0.5) is 0 Å². The molecule has 4 heteroatoms. The first kappa shape index (κ1) is 10.7. The number of benzene rings is 1. The fourth-order valence-corrected chi connectivity index (χ4v) is 1.63. The molecule has 2 rings (SSSR count). The van der Waals surface area contributed by atoms with Crippen LogP contribution in [0, 0.1) is 0 Å². The van der Waals surface area contributed by atoms with Crippen molar-refractivity contribution in [1.82, 2.24) is 0 Å².